The molecule has 2 unspecified atom stereocenters. The predicted molar refractivity (Wildman–Crippen MR) is 51.6 cm³/mol. The predicted octanol–water partition coefficient (Wildman–Crippen LogP) is 1.35. The quantitative estimate of drug-likeness (QED) is 0.681. The average molecular weight is 198 g/mol. The smallest absolute Gasteiger partial charge is 0.308 e. The third-order valence-corrected chi connectivity index (χ3v) is 3.67. The standard InChI is InChI=1S/C11H18O3/c1-2-14-11(13)9-5-7-3-4-8(6-9)10(7)12/h7-10,12H,2-6H2,1H3/t7-,8+,9?,10?. The molecule has 0 aromatic carbocycles. The number of carbonyl (C=O) groups is 1. The molecule has 14 heavy (non-hydrogen) atoms. The largest absolute Gasteiger partial charge is 0.466 e. The second kappa shape index (κ2) is 3.89. The maximum absolute atomic E-state index is 11.5. The molecule has 0 amide bonds. The first-order valence-corrected chi connectivity index (χ1v) is 5.57. The fourth-order valence-electron chi connectivity index (χ4n) is 2.95. The third kappa shape index (κ3) is 1.65. The Kier molecular flexibility index (Phi) is 2.77. The van der Waals surface area contributed by atoms with Crippen LogP contribution in [-0.2, 0) is 9.53 Å². The van der Waals surface area contributed by atoms with Gasteiger partial charge in [-0.1, -0.05) is 0 Å². The van der Waals surface area contributed by atoms with E-state index in [1.54, 1.807) is 0 Å². The molecule has 0 aromatic rings. The van der Waals surface area contributed by atoms with Crippen molar-refractivity contribution in [2.24, 2.45) is 17.8 Å². The highest BCUT2D eigenvalue weighted by Crippen LogP contribution is 2.45. The molecule has 80 valence electrons. The van der Waals surface area contributed by atoms with E-state index in [0.717, 1.165) is 25.7 Å². The lowest BCUT2D eigenvalue weighted by atomic mass is 9.79. The summed E-state index contributed by atoms with van der Waals surface area (Å²) in [5.41, 5.74) is 0. The molecule has 2 fully saturated rings. The number of rotatable bonds is 2. The Bertz CT molecular complexity index is 213. The van der Waals surface area contributed by atoms with E-state index in [1.807, 2.05) is 6.92 Å². The number of fused-ring (bicyclic) bond motifs is 2. The Morgan fingerprint density at radius 3 is 2.43 bits per heavy atom. The Balaban J connectivity index is 1.95. The Hall–Kier alpha value is -0.570. The lowest BCUT2D eigenvalue weighted by molar-refractivity contribution is -0.151. The second-order valence-corrected chi connectivity index (χ2v) is 4.51. The summed E-state index contributed by atoms with van der Waals surface area (Å²) in [6.07, 6.45) is 3.68. The van der Waals surface area contributed by atoms with Crippen molar-refractivity contribution in [1.29, 1.82) is 0 Å². The normalized spacial score (nSPS) is 41.0. The number of hydrogen-bond donors (Lipinski definition) is 1. The van der Waals surface area contributed by atoms with Gasteiger partial charge in [-0.25, -0.2) is 0 Å². The summed E-state index contributed by atoms with van der Waals surface area (Å²) in [5.74, 6) is 0.693. The van der Waals surface area contributed by atoms with Crippen LogP contribution >= 0.6 is 0 Å². The van der Waals surface area contributed by atoms with E-state index in [9.17, 15) is 9.90 Å². The number of carbonyl (C=O) groups excluding carboxylic acids is 1. The van der Waals surface area contributed by atoms with E-state index in [-0.39, 0.29) is 18.0 Å². The Morgan fingerprint density at radius 1 is 1.36 bits per heavy atom. The first-order valence-electron chi connectivity index (χ1n) is 5.57. The minimum atomic E-state index is -0.152. The van der Waals surface area contributed by atoms with Crippen LogP contribution in [0, 0.1) is 17.8 Å². The molecule has 0 spiro atoms. The highest BCUT2D eigenvalue weighted by atomic mass is 16.5. The van der Waals surface area contributed by atoms with Gasteiger partial charge < -0.3 is 9.84 Å². The van der Waals surface area contributed by atoms with Gasteiger partial charge in [0.15, 0.2) is 0 Å². The zero-order valence-corrected chi connectivity index (χ0v) is 8.61. The zero-order chi connectivity index (χ0) is 10.1. The molecule has 0 radical (unpaired) electrons. The van der Waals surface area contributed by atoms with Crippen LogP contribution in [-0.4, -0.2) is 23.8 Å². The monoisotopic (exact) mass is 198 g/mol. The van der Waals surface area contributed by atoms with E-state index in [4.69, 9.17) is 4.74 Å². The van der Waals surface area contributed by atoms with Crippen molar-refractivity contribution in [1.82, 2.24) is 0 Å². The molecule has 1 N–H and O–H groups in total. The SMILES string of the molecule is CCOC(=O)C1C[C@H]2CC[C@@H](C1)C2O. The molecule has 2 aliphatic carbocycles. The zero-order valence-electron chi connectivity index (χ0n) is 8.61. The number of esters is 1. The van der Waals surface area contributed by atoms with Crippen LogP contribution in [0.25, 0.3) is 0 Å². The molecular formula is C11H18O3. The van der Waals surface area contributed by atoms with Crippen LogP contribution in [0.4, 0.5) is 0 Å². The maximum Gasteiger partial charge on any atom is 0.308 e. The van der Waals surface area contributed by atoms with Crippen molar-refractivity contribution in [3.8, 4) is 0 Å². The molecule has 0 saturated heterocycles. The maximum atomic E-state index is 11.5. The summed E-state index contributed by atoms with van der Waals surface area (Å²) < 4.78 is 5.02. The summed E-state index contributed by atoms with van der Waals surface area (Å²) in [5, 5.41) is 9.79. The number of aliphatic hydroxyl groups excluding tert-OH is 1. The van der Waals surface area contributed by atoms with Crippen molar-refractivity contribution in [2.75, 3.05) is 6.61 Å². The number of aliphatic hydroxyl groups is 1. The molecule has 3 nitrogen and oxygen atoms in total. The van der Waals surface area contributed by atoms with Crippen molar-refractivity contribution >= 4 is 5.97 Å². The van der Waals surface area contributed by atoms with Crippen LogP contribution < -0.4 is 0 Å². The Labute approximate surface area is 84.4 Å². The van der Waals surface area contributed by atoms with Gasteiger partial charge in [0.2, 0.25) is 0 Å². The van der Waals surface area contributed by atoms with E-state index < -0.39 is 0 Å². The highest BCUT2D eigenvalue weighted by Gasteiger charge is 2.44. The summed E-state index contributed by atoms with van der Waals surface area (Å²) in [4.78, 5) is 11.5. The fourth-order valence-corrected chi connectivity index (χ4v) is 2.95. The molecular weight excluding hydrogens is 180 g/mol. The van der Waals surface area contributed by atoms with Crippen LogP contribution in [0.1, 0.15) is 32.6 Å². The average Bonchev–Trinajstić information content (AvgIpc) is 2.42. The minimum Gasteiger partial charge on any atom is -0.466 e. The fraction of sp³-hybridized carbons (Fsp3) is 0.909. The van der Waals surface area contributed by atoms with Crippen LogP contribution in [0.5, 0.6) is 0 Å². The molecule has 2 bridgehead atoms. The molecule has 2 rings (SSSR count). The van der Waals surface area contributed by atoms with Crippen LogP contribution in [0.3, 0.4) is 0 Å². The first kappa shape index (κ1) is 9.97. The lowest BCUT2D eigenvalue weighted by Crippen LogP contribution is -2.34. The van der Waals surface area contributed by atoms with Crippen molar-refractivity contribution in [3.05, 3.63) is 0 Å². The molecule has 0 aromatic heterocycles. The molecule has 0 heterocycles. The van der Waals surface area contributed by atoms with E-state index in [1.165, 1.54) is 0 Å². The van der Waals surface area contributed by atoms with Crippen molar-refractivity contribution < 1.29 is 14.6 Å². The van der Waals surface area contributed by atoms with Gasteiger partial charge in [-0.2, -0.15) is 0 Å². The molecule has 2 saturated carbocycles. The van der Waals surface area contributed by atoms with Crippen molar-refractivity contribution in [3.63, 3.8) is 0 Å². The summed E-state index contributed by atoms with van der Waals surface area (Å²) >= 11 is 0. The van der Waals surface area contributed by atoms with Gasteiger partial charge in [0, 0.05) is 0 Å². The van der Waals surface area contributed by atoms with Crippen LogP contribution in [0.2, 0.25) is 0 Å². The van der Waals surface area contributed by atoms with Crippen molar-refractivity contribution in [2.45, 2.75) is 38.7 Å². The van der Waals surface area contributed by atoms with E-state index >= 15 is 0 Å². The van der Waals surface area contributed by atoms with Gasteiger partial charge in [-0.05, 0) is 44.4 Å². The molecule has 0 aliphatic heterocycles. The lowest BCUT2D eigenvalue weighted by Gasteiger charge is -2.30. The number of ether oxygens (including phenoxy) is 1. The highest BCUT2D eigenvalue weighted by molar-refractivity contribution is 5.72. The second-order valence-electron chi connectivity index (χ2n) is 4.51. The summed E-state index contributed by atoms with van der Waals surface area (Å²) in [6, 6.07) is 0. The van der Waals surface area contributed by atoms with Gasteiger partial charge in [0.25, 0.3) is 0 Å². The molecule has 2 aliphatic rings. The summed E-state index contributed by atoms with van der Waals surface area (Å²) in [7, 11) is 0. The topological polar surface area (TPSA) is 46.5 Å². The Morgan fingerprint density at radius 2 is 1.93 bits per heavy atom. The van der Waals surface area contributed by atoms with E-state index in [2.05, 4.69) is 0 Å². The minimum absolute atomic E-state index is 0.0517. The third-order valence-electron chi connectivity index (χ3n) is 3.67. The van der Waals surface area contributed by atoms with Gasteiger partial charge >= 0.3 is 5.97 Å². The van der Waals surface area contributed by atoms with Crippen LogP contribution in [0.15, 0.2) is 0 Å². The van der Waals surface area contributed by atoms with Gasteiger partial charge in [-0.3, -0.25) is 4.79 Å². The van der Waals surface area contributed by atoms with Gasteiger partial charge in [0.1, 0.15) is 0 Å². The summed E-state index contributed by atoms with van der Waals surface area (Å²) in [6.45, 7) is 2.30. The molecule has 3 heteroatoms. The van der Waals surface area contributed by atoms with Gasteiger partial charge in [0.05, 0.1) is 18.6 Å². The molecule has 4 atom stereocenters. The van der Waals surface area contributed by atoms with E-state index in [0.29, 0.717) is 18.4 Å². The first-order chi connectivity index (χ1) is 6.72. The number of hydrogen-bond acceptors (Lipinski definition) is 3. The van der Waals surface area contributed by atoms with Gasteiger partial charge in [-0.15, -0.1) is 0 Å².